The number of H-pyrrole nitrogens is 1. The lowest BCUT2D eigenvalue weighted by Gasteiger charge is -2.13. The zero-order chi connectivity index (χ0) is 21.0. The fourth-order valence-corrected chi connectivity index (χ4v) is 4.49. The molecule has 2 aromatic carbocycles. The second-order valence-corrected chi connectivity index (χ2v) is 9.27. The average molecular weight is 540 g/mol. The molecular weight excluding hydrogens is 511 g/mol. The SMILES string of the molecule is CN=C(NCCc1c[nH]c2c(C)cccc12)NCc1ccc(S(C)(=O)=O)c(C)c1.I. The zero-order valence-corrected chi connectivity index (χ0v) is 20.9. The number of aromatic amines is 1. The molecule has 0 spiro atoms. The molecule has 3 N–H and O–H groups in total. The topological polar surface area (TPSA) is 86.3 Å². The first-order valence-corrected chi connectivity index (χ1v) is 11.5. The van der Waals surface area contributed by atoms with Gasteiger partial charge in [0.1, 0.15) is 0 Å². The summed E-state index contributed by atoms with van der Waals surface area (Å²) >= 11 is 0. The minimum atomic E-state index is -3.20. The van der Waals surface area contributed by atoms with Crippen LogP contribution in [0.4, 0.5) is 0 Å². The van der Waals surface area contributed by atoms with Crippen molar-refractivity contribution in [2.24, 2.45) is 4.99 Å². The molecule has 0 amide bonds. The van der Waals surface area contributed by atoms with Crippen molar-refractivity contribution in [3.8, 4) is 0 Å². The predicted molar refractivity (Wildman–Crippen MR) is 135 cm³/mol. The van der Waals surface area contributed by atoms with Crippen molar-refractivity contribution >= 4 is 50.7 Å². The largest absolute Gasteiger partial charge is 0.361 e. The van der Waals surface area contributed by atoms with Crippen LogP contribution in [0.2, 0.25) is 0 Å². The Morgan fingerprint density at radius 2 is 1.87 bits per heavy atom. The summed E-state index contributed by atoms with van der Waals surface area (Å²) in [5.41, 5.74) is 5.47. The van der Waals surface area contributed by atoms with Crippen LogP contribution in [0.3, 0.4) is 0 Å². The fraction of sp³-hybridized carbons (Fsp3) is 0.318. The molecule has 6 nitrogen and oxygen atoms in total. The minimum absolute atomic E-state index is 0. The normalized spacial score (nSPS) is 11.9. The monoisotopic (exact) mass is 540 g/mol. The Labute approximate surface area is 195 Å². The first-order chi connectivity index (χ1) is 13.8. The molecule has 30 heavy (non-hydrogen) atoms. The van der Waals surface area contributed by atoms with Crippen LogP contribution >= 0.6 is 24.0 Å². The second kappa shape index (κ2) is 10.3. The molecule has 1 aromatic heterocycles. The Morgan fingerprint density at radius 1 is 1.10 bits per heavy atom. The summed E-state index contributed by atoms with van der Waals surface area (Å²) in [7, 11) is -1.46. The Bertz CT molecular complexity index is 1150. The molecule has 162 valence electrons. The number of nitrogens with zero attached hydrogens (tertiary/aromatic N) is 1. The first kappa shape index (κ1) is 24.2. The zero-order valence-electron chi connectivity index (χ0n) is 17.7. The highest BCUT2D eigenvalue weighted by atomic mass is 127. The summed E-state index contributed by atoms with van der Waals surface area (Å²) in [5, 5.41) is 7.88. The van der Waals surface area contributed by atoms with Crippen LogP contribution in [0, 0.1) is 13.8 Å². The van der Waals surface area contributed by atoms with Gasteiger partial charge in [-0.3, -0.25) is 4.99 Å². The van der Waals surface area contributed by atoms with Crippen molar-refractivity contribution in [3.63, 3.8) is 0 Å². The number of nitrogens with one attached hydrogen (secondary N) is 3. The third-order valence-electron chi connectivity index (χ3n) is 5.02. The van der Waals surface area contributed by atoms with Gasteiger partial charge in [0.15, 0.2) is 15.8 Å². The molecule has 0 aliphatic rings. The van der Waals surface area contributed by atoms with Crippen molar-refractivity contribution < 1.29 is 8.42 Å². The first-order valence-electron chi connectivity index (χ1n) is 9.59. The van der Waals surface area contributed by atoms with Crippen LogP contribution in [-0.2, 0) is 22.8 Å². The molecule has 0 atom stereocenters. The summed E-state index contributed by atoms with van der Waals surface area (Å²) in [5.74, 6) is 0.714. The van der Waals surface area contributed by atoms with E-state index < -0.39 is 9.84 Å². The van der Waals surface area contributed by atoms with Gasteiger partial charge in [0.2, 0.25) is 0 Å². The van der Waals surface area contributed by atoms with Crippen LogP contribution < -0.4 is 10.6 Å². The summed E-state index contributed by atoms with van der Waals surface area (Å²) in [6.45, 7) is 5.25. The molecule has 8 heteroatoms. The van der Waals surface area contributed by atoms with Crippen molar-refractivity contribution in [1.82, 2.24) is 15.6 Å². The molecule has 3 aromatic rings. The van der Waals surface area contributed by atoms with E-state index in [0.29, 0.717) is 17.4 Å². The number of benzene rings is 2. The van der Waals surface area contributed by atoms with E-state index >= 15 is 0 Å². The van der Waals surface area contributed by atoms with E-state index in [1.165, 1.54) is 28.3 Å². The van der Waals surface area contributed by atoms with E-state index in [2.05, 4.69) is 51.9 Å². The molecule has 0 saturated heterocycles. The molecule has 0 saturated carbocycles. The van der Waals surface area contributed by atoms with Crippen molar-refractivity contribution in [2.75, 3.05) is 19.8 Å². The van der Waals surface area contributed by atoms with E-state index in [0.717, 1.165) is 24.1 Å². The summed E-state index contributed by atoms with van der Waals surface area (Å²) < 4.78 is 23.5. The molecule has 0 aliphatic heterocycles. The van der Waals surface area contributed by atoms with Gasteiger partial charge in [-0.1, -0.05) is 30.3 Å². The quantitative estimate of drug-likeness (QED) is 0.253. The highest BCUT2D eigenvalue weighted by molar-refractivity contribution is 14.0. The van der Waals surface area contributed by atoms with E-state index in [1.807, 2.05) is 19.1 Å². The summed E-state index contributed by atoms with van der Waals surface area (Å²) in [6, 6.07) is 11.7. The Morgan fingerprint density at radius 3 is 2.53 bits per heavy atom. The number of rotatable bonds is 6. The standard InChI is InChI=1S/C22H28N4O2S.HI/c1-15-6-5-7-19-18(14-25-21(15)19)10-11-24-22(23-3)26-13-17-8-9-20(16(2)12-17)29(4,27)28;/h5-9,12,14,25H,10-11,13H2,1-4H3,(H2,23,24,26);1H. The van der Waals surface area contributed by atoms with Gasteiger partial charge >= 0.3 is 0 Å². The van der Waals surface area contributed by atoms with Gasteiger partial charge < -0.3 is 15.6 Å². The molecule has 0 fully saturated rings. The third-order valence-corrected chi connectivity index (χ3v) is 6.28. The maximum absolute atomic E-state index is 11.7. The van der Waals surface area contributed by atoms with Crippen LogP contribution in [0.5, 0.6) is 0 Å². The lowest BCUT2D eigenvalue weighted by molar-refractivity contribution is 0.601. The van der Waals surface area contributed by atoms with Gasteiger partial charge in [-0.25, -0.2) is 8.42 Å². The van der Waals surface area contributed by atoms with Gasteiger partial charge in [-0.15, -0.1) is 24.0 Å². The lowest BCUT2D eigenvalue weighted by atomic mass is 10.1. The van der Waals surface area contributed by atoms with Crippen molar-refractivity contribution in [1.29, 1.82) is 0 Å². The molecule has 0 bridgehead atoms. The van der Waals surface area contributed by atoms with Gasteiger partial charge in [0.05, 0.1) is 4.90 Å². The van der Waals surface area contributed by atoms with E-state index in [-0.39, 0.29) is 24.0 Å². The Kier molecular flexibility index (Phi) is 8.31. The smallest absolute Gasteiger partial charge is 0.191 e. The van der Waals surface area contributed by atoms with Gasteiger partial charge in [-0.05, 0) is 48.6 Å². The summed E-state index contributed by atoms with van der Waals surface area (Å²) in [4.78, 5) is 8.00. The summed E-state index contributed by atoms with van der Waals surface area (Å²) in [6.07, 6.45) is 4.18. The second-order valence-electron chi connectivity index (χ2n) is 7.29. The number of guanidine groups is 1. The Balaban J connectivity index is 0.00000320. The molecular formula is C22H29IN4O2S. The highest BCUT2D eigenvalue weighted by Crippen LogP contribution is 2.21. The molecule has 1 heterocycles. The van der Waals surface area contributed by atoms with Crippen molar-refractivity contribution in [3.05, 3.63) is 64.8 Å². The fourth-order valence-electron chi connectivity index (χ4n) is 3.53. The molecule has 0 aliphatic carbocycles. The number of aromatic nitrogens is 1. The number of aliphatic imine (C=N–C) groups is 1. The van der Waals surface area contributed by atoms with E-state index in [4.69, 9.17) is 0 Å². The molecule has 0 radical (unpaired) electrons. The predicted octanol–water partition coefficient (Wildman–Crippen LogP) is 3.71. The minimum Gasteiger partial charge on any atom is -0.361 e. The number of hydrogen-bond donors (Lipinski definition) is 3. The highest BCUT2D eigenvalue weighted by Gasteiger charge is 2.11. The number of aryl methyl sites for hydroxylation is 2. The number of halogens is 1. The van der Waals surface area contributed by atoms with Crippen LogP contribution in [-0.4, -0.2) is 39.2 Å². The van der Waals surface area contributed by atoms with Gasteiger partial charge in [0.25, 0.3) is 0 Å². The number of sulfone groups is 1. The Hall–Kier alpha value is -2.07. The van der Waals surface area contributed by atoms with Crippen LogP contribution in [0.1, 0.15) is 22.3 Å². The van der Waals surface area contributed by atoms with Crippen molar-refractivity contribution in [2.45, 2.75) is 31.7 Å². The third kappa shape index (κ3) is 5.75. The van der Waals surface area contributed by atoms with E-state index in [1.54, 1.807) is 13.1 Å². The number of hydrogen-bond acceptors (Lipinski definition) is 3. The van der Waals surface area contributed by atoms with E-state index in [9.17, 15) is 8.42 Å². The molecule has 3 rings (SSSR count). The maximum Gasteiger partial charge on any atom is 0.191 e. The number of para-hydroxylation sites is 1. The average Bonchev–Trinajstić information content (AvgIpc) is 3.08. The number of fused-ring (bicyclic) bond motifs is 1. The van der Waals surface area contributed by atoms with Gasteiger partial charge in [-0.2, -0.15) is 0 Å². The lowest BCUT2D eigenvalue weighted by Crippen LogP contribution is -2.37. The van der Waals surface area contributed by atoms with Crippen LogP contribution in [0.25, 0.3) is 10.9 Å². The van der Waals surface area contributed by atoms with Gasteiger partial charge in [0, 0.05) is 43.5 Å². The maximum atomic E-state index is 11.7. The molecule has 0 unspecified atom stereocenters. The van der Waals surface area contributed by atoms with Crippen LogP contribution in [0.15, 0.2) is 52.5 Å².